The van der Waals surface area contributed by atoms with Crippen molar-refractivity contribution < 1.29 is 23.1 Å². The summed E-state index contributed by atoms with van der Waals surface area (Å²) in [7, 11) is -3.91. The van der Waals surface area contributed by atoms with E-state index in [9.17, 15) is 23.1 Å². The third-order valence-electron chi connectivity index (χ3n) is 6.28. The van der Waals surface area contributed by atoms with E-state index in [1.807, 2.05) is 9.62 Å². The average Bonchev–Trinajstić information content (AvgIpc) is 3.00. The van der Waals surface area contributed by atoms with Gasteiger partial charge in [0.25, 0.3) is 11.8 Å². The van der Waals surface area contributed by atoms with Crippen molar-refractivity contribution in [2.45, 2.75) is 5.75 Å². The molecule has 13 heteroatoms. The van der Waals surface area contributed by atoms with Gasteiger partial charge in [0.15, 0.2) is 11.5 Å². The smallest absolute Gasteiger partial charge is 0.285 e. The molecule has 1 fully saturated rings. The van der Waals surface area contributed by atoms with Crippen LogP contribution in [-0.2, 0) is 15.8 Å². The summed E-state index contributed by atoms with van der Waals surface area (Å²) < 4.78 is 26.8. The predicted molar refractivity (Wildman–Crippen MR) is 153 cm³/mol. The number of piperazine rings is 1. The Labute approximate surface area is 242 Å². The molecule has 42 heavy (non-hydrogen) atoms. The summed E-state index contributed by atoms with van der Waals surface area (Å²) in [5.41, 5.74) is 1.92. The number of pyridine rings is 2. The van der Waals surface area contributed by atoms with Gasteiger partial charge in [-0.15, -0.1) is 10.2 Å². The van der Waals surface area contributed by atoms with Gasteiger partial charge >= 0.3 is 0 Å². The van der Waals surface area contributed by atoms with Gasteiger partial charge in [0, 0.05) is 55.9 Å². The number of amides is 2. The molecule has 212 valence electrons. The number of sulfonamides is 1. The summed E-state index contributed by atoms with van der Waals surface area (Å²) in [6, 6.07) is 14.7. The lowest BCUT2D eigenvalue weighted by atomic mass is 10.1. The van der Waals surface area contributed by atoms with Gasteiger partial charge in [-0.2, -0.15) is 0 Å². The minimum atomic E-state index is -3.91. The maximum absolute atomic E-state index is 13.1. The van der Waals surface area contributed by atoms with Gasteiger partial charge in [0.1, 0.15) is 5.75 Å². The van der Waals surface area contributed by atoms with E-state index in [4.69, 9.17) is 0 Å². The lowest BCUT2D eigenvalue weighted by molar-refractivity contribution is 0.0745. The van der Waals surface area contributed by atoms with Crippen molar-refractivity contribution in [3.63, 3.8) is 0 Å². The Kier molecular flexibility index (Phi) is 8.35. The highest BCUT2D eigenvalue weighted by Crippen LogP contribution is 2.16. The molecule has 2 N–H and O–H groups in total. The Morgan fingerprint density at radius 2 is 1.55 bits per heavy atom. The zero-order valence-corrected chi connectivity index (χ0v) is 23.0. The molecule has 4 aromatic rings. The Bertz CT molecular complexity index is 1760. The molecule has 0 bridgehead atoms. The minimum Gasteiger partial charge on any atom is -0.506 e. The topological polar surface area (TPSA) is 159 Å². The maximum Gasteiger partial charge on any atom is 0.285 e. The molecule has 0 radical (unpaired) electrons. The van der Waals surface area contributed by atoms with Crippen LogP contribution in [0.4, 0.5) is 5.82 Å². The van der Waals surface area contributed by atoms with Gasteiger partial charge in [0.05, 0.1) is 17.5 Å². The van der Waals surface area contributed by atoms with E-state index in [-0.39, 0.29) is 23.1 Å². The lowest BCUT2D eigenvalue weighted by Gasteiger charge is -2.35. The molecule has 0 saturated carbocycles. The number of hydrogen-bond donors (Lipinski definition) is 2. The number of aromatic hydroxyl groups is 1. The van der Waals surface area contributed by atoms with Gasteiger partial charge in [-0.25, -0.2) is 13.1 Å². The van der Waals surface area contributed by atoms with Gasteiger partial charge in [0.2, 0.25) is 10.0 Å². The number of carbonyl (C=O) groups excluding carboxylic acids is 2. The molecule has 2 amide bonds. The summed E-state index contributed by atoms with van der Waals surface area (Å²) in [5, 5.41) is 17.5. The second kappa shape index (κ2) is 12.4. The third kappa shape index (κ3) is 7.23. The molecule has 3 aromatic heterocycles. The van der Waals surface area contributed by atoms with Crippen LogP contribution in [0, 0.1) is 11.8 Å². The first-order chi connectivity index (χ1) is 20.3. The van der Waals surface area contributed by atoms with Crippen molar-refractivity contribution >= 4 is 27.7 Å². The van der Waals surface area contributed by atoms with Gasteiger partial charge in [-0.05, 0) is 29.8 Å². The molecule has 0 atom stereocenters. The molecule has 1 aliphatic rings. The molecule has 12 nitrogen and oxygen atoms in total. The van der Waals surface area contributed by atoms with Gasteiger partial charge < -0.3 is 14.9 Å². The van der Waals surface area contributed by atoms with Crippen molar-refractivity contribution in [1.82, 2.24) is 29.8 Å². The number of nitrogens with zero attached hydrogens (tertiary/aromatic N) is 6. The van der Waals surface area contributed by atoms with Crippen LogP contribution in [0.25, 0.3) is 0 Å². The average molecular weight is 584 g/mol. The maximum atomic E-state index is 13.1. The Morgan fingerprint density at radius 1 is 0.857 bits per heavy atom. The second-order valence-corrected chi connectivity index (χ2v) is 11.1. The number of rotatable bonds is 6. The predicted octanol–water partition coefficient (Wildman–Crippen LogP) is 1.59. The first kappa shape index (κ1) is 28.2. The van der Waals surface area contributed by atoms with Crippen molar-refractivity contribution in [1.29, 1.82) is 0 Å². The van der Waals surface area contributed by atoms with E-state index in [2.05, 4.69) is 32.0 Å². The Balaban J connectivity index is 1.16. The highest BCUT2D eigenvalue weighted by atomic mass is 32.2. The molecule has 1 aliphatic heterocycles. The van der Waals surface area contributed by atoms with Gasteiger partial charge in [-0.1, -0.05) is 42.2 Å². The van der Waals surface area contributed by atoms with Crippen LogP contribution in [0.2, 0.25) is 0 Å². The molecule has 0 unspecified atom stereocenters. The summed E-state index contributed by atoms with van der Waals surface area (Å²) in [6.45, 7) is 1.81. The molecular weight excluding hydrogens is 558 g/mol. The van der Waals surface area contributed by atoms with Crippen LogP contribution in [0.1, 0.15) is 37.5 Å². The lowest BCUT2D eigenvalue weighted by Crippen LogP contribution is -2.49. The van der Waals surface area contributed by atoms with Crippen molar-refractivity contribution in [3.8, 4) is 17.6 Å². The number of carbonyl (C=O) groups is 2. The van der Waals surface area contributed by atoms with E-state index in [0.29, 0.717) is 54.3 Å². The quantitative estimate of drug-likeness (QED) is 0.319. The number of aromatic nitrogens is 4. The zero-order valence-electron chi connectivity index (χ0n) is 22.2. The van der Waals surface area contributed by atoms with Crippen LogP contribution in [0.15, 0.2) is 79.4 Å². The first-order valence-corrected chi connectivity index (χ1v) is 14.5. The Hall–Kier alpha value is -5.35. The number of hydrogen-bond acceptors (Lipinski definition) is 10. The van der Waals surface area contributed by atoms with E-state index in [0.717, 1.165) is 0 Å². The van der Waals surface area contributed by atoms with Crippen molar-refractivity contribution in [2.24, 2.45) is 0 Å². The summed E-state index contributed by atoms with van der Waals surface area (Å²) in [5.74, 6) is 4.96. The highest BCUT2D eigenvalue weighted by Gasteiger charge is 2.24. The van der Waals surface area contributed by atoms with Crippen LogP contribution >= 0.6 is 0 Å². The summed E-state index contributed by atoms with van der Waals surface area (Å²) in [6.07, 6.45) is 5.89. The van der Waals surface area contributed by atoms with Crippen LogP contribution in [0.3, 0.4) is 0 Å². The molecule has 1 saturated heterocycles. The van der Waals surface area contributed by atoms with E-state index >= 15 is 0 Å². The van der Waals surface area contributed by atoms with E-state index < -0.39 is 15.9 Å². The number of anilines is 1. The fourth-order valence-electron chi connectivity index (χ4n) is 4.23. The van der Waals surface area contributed by atoms with Crippen LogP contribution < -0.4 is 9.62 Å². The molecule has 4 heterocycles. The molecule has 5 rings (SSSR count). The highest BCUT2D eigenvalue weighted by molar-refractivity contribution is 7.89. The van der Waals surface area contributed by atoms with Gasteiger partial charge in [-0.3, -0.25) is 19.6 Å². The zero-order chi connectivity index (χ0) is 29.5. The largest absolute Gasteiger partial charge is 0.506 e. The normalized spacial score (nSPS) is 13.1. The second-order valence-electron chi connectivity index (χ2n) is 9.38. The third-order valence-corrected chi connectivity index (χ3v) is 7.49. The number of nitrogens with one attached hydrogen (secondary N) is 1. The first-order valence-electron chi connectivity index (χ1n) is 12.8. The summed E-state index contributed by atoms with van der Waals surface area (Å²) >= 11 is 0. The molecule has 0 spiro atoms. The fraction of sp³-hybridized carbons (Fsp3) is 0.172. The van der Waals surface area contributed by atoms with E-state index in [1.165, 1.54) is 30.7 Å². The standard InChI is InChI=1S/C29H25N7O5S/c37-25-15-23(17-31-19-25)7-6-22-14-24(18-30-16-22)29(39)36-12-10-35(11-13-36)27-9-8-26(32-33-27)28(38)34-42(40,41)20-21-4-2-1-3-5-21/h1-5,8-9,14-19,37H,10-13,20H2,(H,34,38). The SMILES string of the molecule is O=C(NS(=O)(=O)Cc1ccccc1)c1ccc(N2CCN(C(=O)c3cncc(C#Cc4cncc(O)c4)c3)CC2)nn1. The van der Waals surface area contributed by atoms with Crippen LogP contribution in [0.5, 0.6) is 5.75 Å². The van der Waals surface area contributed by atoms with E-state index in [1.54, 1.807) is 53.6 Å². The van der Waals surface area contributed by atoms with Crippen molar-refractivity contribution in [2.75, 3.05) is 31.1 Å². The molecule has 0 aliphatic carbocycles. The minimum absolute atomic E-state index is 0.0143. The number of benzene rings is 1. The fourth-order valence-corrected chi connectivity index (χ4v) is 5.32. The molecule has 1 aromatic carbocycles. The monoisotopic (exact) mass is 583 g/mol. The molecular formula is C29H25N7O5S. The van der Waals surface area contributed by atoms with Crippen molar-refractivity contribution in [3.05, 3.63) is 107 Å². The Morgan fingerprint density at radius 3 is 2.21 bits per heavy atom. The summed E-state index contributed by atoms with van der Waals surface area (Å²) in [4.78, 5) is 37.2. The van der Waals surface area contributed by atoms with Crippen LogP contribution in [-0.4, -0.2) is 76.6 Å².